The molecule has 9 heteroatoms. The monoisotopic (exact) mass is 420 g/mol. The lowest BCUT2D eigenvalue weighted by Crippen LogP contribution is -2.39. The number of imidazole rings is 1. The highest BCUT2D eigenvalue weighted by atomic mass is 35.5. The van der Waals surface area contributed by atoms with E-state index in [4.69, 9.17) is 16.3 Å². The van der Waals surface area contributed by atoms with Gasteiger partial charge in [-0.3, -0.25) is 0 Å². The molecule has 2 aromatic heterocycles. The molecular weight excluding hydrogens is 400 g/mol. The molecule has 0 saturated carbocycles. The van der Waals surface area contributed by atoms with Crippen LogP contribution < -0.4 is 4.74 Å². The van der Waals surface area contributed by atoms with Gasteiger partial charge in [0, 0.05) is 30.4 Å². The topological polar surface area (TPSA) is 77.3 Å². The van der Waals surface area contributed by atoms with Gasteiger partial charge in [-0.1, -0.05) is 11.6 Å². The predicted molar refractivity (Wildman–Crippen MR) is 107 cm³/mol. The Bertz CT molecular complexity index is 1120. The van der Waals surface area contributed by atoms with Crippen molar-refractivity contribution < 1.29 is 13.2 Å². The summed E-state index contributed by atoms with van der Waals surface area (Å²) >= 11 is 6.03. The highest BCUT2D eigenvalue weighted by molar-refractivity contribution is 7.89. The Morgan fingerprint density at radius 3 is 2.68 bits per heavy atom. The third kappa shape index (κ3) is 3.25. The van der Waals surface area contributed by atoms with Crippen LogP contribution in [0.2, 0.25) is 5.02 Å². The van der Waals surface area contributed by atoms with E-state index in [-0.39, 0.29) is 10.9 Å². The number of methoxy groups -OCH3 is 1. The number of hydrogen-bond donors (Lipinski definition) is 0. The second-order valence-corrected chi connectivity index (χ2v) is 9.15. The molecule has 1 fully saturated rings. The van der Waals surface area contributed by atoms with E-state index < -0.39 is 10.0 Å². The molecule has 0 spiro atoms. The van der Waals surface area contributed by atoms with Gasteiger partial charge in [0.25, 0.3) is 0 Å². The molecule has 0 unspecified atom stereocenters. The molecule has 0 radical (unpaired) electrons. The van der Waals surface area contributed by atoms with Crippen LogP contribution in [-0.4, -0.2) is 47.5 Å². The molecule has 0 aliphatic carbocycles. The summed E-state index contributed by atoms with van der Waals surface area (Å²) in [7, 11) is -2.24. The van der Waals surface area contributed by atoms with Gasteiger partial charge in [-0.25, -0.2) is 18.4 Å². The number of nitrogens with zero attached hydrogens (tertiary/aromatic N) is 4. The third-order valence-corrected chi connectivity index (χ3v) is 7.31. The Labute approximate surface area is 169 Å². The van der Waals surface area contributed by atoms with Crippen molar-refractivity contribution in [3.8, 4) is 5.75 Å². The van der Waals surface area contributed by atoms with Crippen molar-refractivity contribution in [3.05, 3.63) is 47.4 Å². The van der Waals surface area contributed by atoms with E-state index in [1.165, 1.54) is 17.5 Å². The maximum absolute atomic E-state index is 13.1. The van der Waals surface area contributed by atoms with Gasteiger partial charge in [0.05, 0.1) is 7.11 Å². The van der Waals surface area contributed by atoms with Crippen molar-refractivity contribution in [2.75, 3.05) is 20.2 Å². The zero-order valence-corrected chi connectivity index (χ0v) is 17.2. The van der Waals surface area contributed by atoms with Gasteiger partial charge < -0.3 is 9.30 Å². The maximum atomic E-state index is 13.1. The Hall–Kier alpha value is -2.16. The number of aryl methyl sites for hydroxylation is 1. The van der Waals surface area contributed by atoms with E-state index in [9.17, 15) is 8.42 Å². The third-order valence-electron chi connectivity index (χ3n) is 5.16. The van der Waals surface area contributed by atoms with Crippen molar-refractivity contribution in [3.63, 3.8) is 0 Å². The fourth-order valence-corrected chi connectivity index (χ4v) is 5.70. The number of pyridine rings is 1. The minimum atomic E-state index is -3.69. The average Bonchev–Trinajstić information content (AvgIpc) is 3.03. The summed E-state index contributed by atoms with van der Waals surface area (Å²) < 4.78 is 35.2. The van der Waals surface area contributed by atoms with Crippen LogP contribution in [-0.2, 0) is 10.0 Å². The summed E-state index contributed by atoms with van der Waals surface area (Å²) in [5.41, 5.74) is 1.71. The molecule has 1 aromatic carbocycles. The fourth-order valence-electron chi connectivity index (χ4n) is 3.81. The van der Waals surface area contributed by atoms with Crippen molar-refractivity contribution in [2.24, 2.45) is 0 Å². The maximum Gasteiger partial charge on any atom is 0.246 e. The second kappa shape index (κ2) is 7.35. The smallest absolute Gasteiger partial charge is 0.246 e. The summed E-state index contributed by atoms with van der Waals surface area (Å²) in [6, 6.07) is 8.61. The van der Waals surface area contributed by atoms with Crippen LogP contribution in [0.1, 0.15) is 24.7 Å². The second-order valence-electron chi connectivity index (χ2n) is 6.81. The van der Waals surface area contributed by atoms with Crippen LogP contribution >= 0.6 is 11.6 Å². The minimum absolute atomic E-state index is 0.104. The predicted octanol–water partition coefficient (Wildman–Crippen LogP) is 3.43. The van der Waals surface area contributed by atoms with Crippen LogP contribution in [0.25, 0.3) is 11.2 Å². The van der Waals surface area contributed by atoms with Gasteiger partial charge in [-0.2, -0.15) is 4.31 Å². The minimum Gasteiger partial charge on any atom is -0.495 e. The molecule has 3 heterocycles. The summed E-state index contributed by atoms with van der Waals surface area (Å²) in [6.07, 6.45) is 3.13. The largest absolute Gasteiger partial charge is 0.495 e. The zero-order valence-electron chi connectivity index (χ0n) is 15.7. The van der Waals surface area contributed by atoms with Crippen LogP contribution in [0.15, 0.2) is 41.4 Å². The molecule has 1 aliphatic rings. The van der Waals surface area contributed by atoms with Crippen LogP contribution in [0.4, 0.5) is 0 Å². The highest BCUT2D eigenvalue weighted by Crippen LogP contribution is 2.34. The van der Waals surface area contributed by atoms with Gasteiger partial charge in [0.2, 0.25) is 10.0 Å². The van der Waals surface area contributed by atoms with E-state index in [0.717, 1.165) is 17.0 Å². The first-order valence-corrected chi connectivity index (χ1v) is 10.9. The van der Waals surface area contributed by atoms with Gasteiger partial charge in [0.1, 0.15) is 22.0 Å². The van der Waals surface area contributed by atoms with Crippen molar-refractivity contribution >= 4 is 32.8 Å². The van der Waals surface area contributed by atoms with Gasteiger partial charge in [-0.05, 0) is 50.1 Å². The molecule has 1 saturated heterocycles. The average molecular weight is 421 g/mol. The van der Waals surface area contributed by atoms with Crippen LogP contribution in [0.5, 0.6) is 5.75 Å². The first-order valence-electron chi connectivity index (χ1n) is 9.05. The summed E-state index contributed by atoms with van der Waals surface area (Å²) in [6.45, 7) is 2.78. The number of hydrogen-bond acceptors (Lipinski definition) is 5. The molecule has 28 heavy (non-hydrogen) atoms. The highest BCUT2D eigenvalue weighted by Gasteiger charge is 2.33. The molecule has 4 rings (SSSR count). The molecule has 0 amide bonds. The van der Waals surface area contributed by atoms with E-state index in [1.807, 2.05) is 19.1 Å². The Morgan fingerprint density at radius 2 is 1.96 bits per heavy atom. The zero-order chi connectivity index (χ0) is 19.9. The van der Waals surface area contributed by atoms with E-state index >= 15 is 0 Å². The lowest BCUT2D eigenvalue weighted by Gasteiger charge is -2.32. The van der Waals surface area contributed by atoms with Crippen LogP contribution in [0.3, 0.4) is 0 Å². The molecule has 0 N–H and O–H groups in total. The first kappa shape index (κ1) is 19.2. The summed E-state index contributed by atoms with van der Waals surface area (Å²) in [5.74, 6) is 1.19. The summed E-state index contributed by atoms with van der Waals surface area (Å²) in [4.78, 5) is 9.14. The molecule has 148 valence electrons. The Balaban J connectivity index is 1.59. The molecule has 1 aliphatic heterocycles. The molecule has 3 aromatic rings. The molecule has 7 nitrogen and oxygen atoms in total. The molecular formula is C19H21ClN4O3S. The van der Waals surface area contributed by atoms with Crippen molar-refractivity contribution in [1.29, 1.82) is 0 Å². The van der Waals surface area contributed by atoms with Gasteiger partial charge >= 0.3 is 0 Å². The number of aromatic nitrogens is 3. The lowest BCUT2D eigenvalue weighted by molar-refractivity contribution is 0.273. The standard InChI is InChI=1S/C19H21ClN4O3S/c1-13-22-16-4-3-9-21-19(16)24(13)15-7-10-23(11-8-15)28(25,26)18-12-14(20)5-6-17(18)27-2/h3-6,9,12,15H,7-8,10-11H2,1-2H3. The Kier molecular flexibility index (Phi) is 5.03. The number of fused-ring (bicyclic) bond motifs is 1. The van der Waals surface area contributed by atoms with E-state index in [0.29, 0.717) is 36.7 Å². The van der Waals surface area contributed by atoms with Crippen LogP contribution in [0, 0.1) is 6.92 Å². The number of halogens is 1. The molecule has 0 bridgehead atoms. The molecule has 0 atom stereocenters. The number of piperidine rings is 1. The number of benzene rings is 1. The summed E-state index contributed by atoms with van der Waals surface area (Å²) in [5, 5.41) is 0.362. The Morgan fingerprint density at radius 1 is 1.21 bits per heavy atom. The first-order chi connectivity index (χ1) is 13.4. The number of rotatable bonds is 4. The van der Waals surface area contributed by atoms with Gasteiger partial charge in [0.15, 0.2) is 5.65 Å². The quantitative estimate of drug-likeness (QED) is 0.646. The van der Waals surface area contributed by atoms with E-state index in [1.54, 1.807) is 18.3 Å². The number of ether oxygens (including phenoxy) is 1. The fraction of sp³-hybridized carbons (Fsp3) is 0.368. The van der Waals surface area contributed by atoms with Gasteiger partial charge in [-0.15, -0.1) is 0 Å². The SMILES string of the molecule is COc1ccc(Cl)cc1S(=O)(=O)N1CCC(n2c(C)nc3cccnc32)CC1. The normalized spacial score (nSPS) is 16.5. The lowest BCUT2D eigenvalue weighted by atomic mass is 10.1. The van der Waals surface area contributed by atoms with E-state index in [2.05, 4.69) is 14.5 Å². The van der Waals surface area contributed by atoms with Crippen molar-refractivity contribution in [2.45, 2.75) is 30.7 Å². The van der Waals surface area contributed by atoms with Crippen molar-refractivity contribution in [1.82, 2.24) is 18.8 Å². The number of sulfonamides is 1.